The van der Waals surface area contributed by atoms with E-state index >= 15 is 0 Å². The Morgan fingerprint density at radius 3 is 3.00 bits per heavy atom. The van der Waals surface area contributed by atoms with E-state index in [2.05, 4.69) is 0 Å². The van der Waals surface area contributed by atoms with Crippen LogP contribution in [-0.4, -0.2) is 36.8 Å². The zero-order valence-electron chi connectivity index (χ0n) is 7.45. The third-order valence-electron chi connectivity index (χ3n) is 2.05. The van der Waals surface area contributed by atoms with Gasteiger partial charge in [0.25, 0.3) is 0 Å². The Kier molecular flexibility index (Phi) is 3.46. The van der Waals surface area contributed by atoms with Gasteiger partial charge in [0, 0.05) is 13.0 Å². The molecule has 3 N–H and O–H groups in total. The quantitative estimate of drug-likeness (QED) is 0.623. The molecule has 1 heterocycles. The summed E-state index contributed by atoms with van der Waals surface area (Å²) >= 11 is 0. The summed E-state index contributed by atoms with van der Waals surface area (Å²) in [5, 5.41) is 8.72. The van der Waals surface area contributed by atoms with Crippen molar-refractivity contribution in [2.75, 3.05) is 19.8 Å². The lowest BCUT2D eigenvalue weighted by Gasteiger charge is -2.21. The topological polar surface area (TPSA) is 64.7 Å². The second kappa shape index (κ2) is 4.18. The highest BCUT2D eigenvalue weighted by Gasteiger charge is 2.35. The van der Waals surface area contributed by atoms with Gasteiger partial charge in [0.05, 0.1) is 12.7 Å². The molecule has 72 valence electrons. The van der Waals surface area contributed by atoms with Crippen LogP contribution >= 0.6 is 0 Å². The Labute approximate surface area is 72.6 Å². The molecule has 12 heavy (non-hydrogen) atoms. The van der Waals surface area contributed by atoms with E-state index < -0.39 is 5.79 Å². The molecule has 1 rings (SSSR count). The molecule has 0 spiro atoms. The van der Waals surface area contributed by atoms with E-state index in [0.717, 1.165) is 6.42 Å². The van der Waals surface area contributed by atoms with Gasteiger partial charge in [-0.1, -0.05) is 0 Å². The Bertz CT molecular complexity index is 142. The molecule has 2 unspecified atom stereocenters. The highest BCUT2D eigenvalue weighted by atomic mass is 16.7. The third kappa shape index (κ3) is 2.42. The van der Waals surface area contributed by atoms with E-state index in [-0.39, 0.29) is 12.7 Å². The molecule has 4 nitrogen and oxygen atoms in total. The summed E-state index contributed by atoms with van der Waals surface area (Å²) in [7, 11) is 0. The van der Waals surface area contributed by atoms with E-state index in [9.17, 15) is 0 Å². The van der Waals surface area contributed by atoms with Crippen molar-refractivity contribution in [3.8, 4) is 0 Å². The SMILES string of the molecule is CC1(CCO)OCC(CCN)O1. The number of ether oxygens (including phenoxy) is 2. The fraction of sp³-hybridized carbons (Fsp3) is 1.00. The van der Waals surface area contributed by atoms with Crippen molar-refractivity contribution in [2.24, 2.45) is 5.73 Å². The summed E-state index contributed by atoms with van der Waals surface area (Å²) < 4.78 is 11.0. The molecule has 1 saturated heterocycles. The van der Waals surface area contributed by atoms with Crippen molar-refractivity contribution >= 4 is 0 Å². The second-order valence-corrected chi connectivity index (χ2v) is 3.24. The number of aliphatic hydroxyl groups excluding tert-OH is 1. The van der Waals surface area contributed by atoms with Crippen LogP contribution in [0, 0.1) is 0 Å². The van der Waals surface area contributed by atoms with Crippen LogP contribution in [0.3, 0.4) is 0 Å². The maximum absolute atomic E-state index is 8.72. The smallest absolute Gasteiger partial charge is 0.168 e. The highest BCUT2D eigenvalue weighted by Crippen LogP contribution is 2.27. The van der Waals surface area contributed by atoms with E-state index in [1.807, 2.05) is 6.92 Å². The summed E-state index contributed by atoms with van der Waals surface area (Å²) in [6.45, 7) is 3.14. The summed E-state index contributed by atoms with van der Waals surface area (Å²) in [6.07, 6.45) is 1.45. The monoisotopic (exact) mass is 175 g/mol. The van der Waals surface area contributed by atoms with Crippen LogP contribution in [0.5, 0.6) is 0 Å². The molecule has 0 saturated carbocycles. The fourth-order valence-electron chi connectivity index (χ4n) is 1.35. The minimum atomic E-state index is -0.589. The van der Waals surface area contributed by atoms with Crippen LogP contribution < -0.4 is 5.73 Å². The molecule has 1 aliphatic heterocycles. The third-order valence-corrected chi connectivity index (χ3v) is 2.05. The fourth-order valence-corrected chi connectivity index (χ4v) is 1.35. The lowest BCUT2D eigenvalue weighted by atomic mass is 10.2. The minimum Gasteiger partial charge on any atom is -0.396 e. The summed E-state index contributed by atoms with van der Waals surface area (Å²) in [6, 6.07) is 0. The molecular weight excluding hydrogens is 158 g/mol. The Morgan fingerprint density at radius 1 is 1.67 bits per heavy atom. The van der Waals surface area contributed by atoms with Gasteiger partial charge in [0.1, 0.15) is 0 Å². The number of nitrogens with two attached hydrogens (primary N) is 1. The van der Waals surface area contributed by atoms with E-state index in [1.54, 1.807) is 0 Å². The summed E-state index contributed by atoms with van der Waals surface area (Å²) in [5.74, 6) is -0.589. The largest absolute Gasteiger partial charge is 0.396 e. The first-order chi connectivity index (χ1) is 5.70. The van der Waals surface area contributed by atoms with Crippen LogP contribution in [0.2, 0.25) is 0 Å². The van der Waals surface area contributed by atoms with Crippen molar-refractivity contribution in [1.29, 1.82) is 0 Å². The van der Waals surface area contributed by atoms with Gasteiger partial charge in [0.2, 0.25) is 0 Å². The molecule has 2 atom stereocenters. The van der Waals surface area contributed by atoms with Crippen LogP contribution in [0.15, 0.2) is 0 Å². The van der Waals surface area contributed by atoms with Gasteiger partial charge < -0.3 is 20.3 Å². The average Bonchev–Trinajstić information content (AvgIpc) is 2.34. The van der Waals surface area contributed by atoms with E-state index in [0.29, 0.717) is 19.6 Å². The molecule has 0 amide bonds. The van der Waals surface area contributed by atoms with E-state index in [1.165, 1.54) is 0 Å². The Hall–Kier alpha value is -0.160. The molecule has 4 heteroatoms. The number of hydrogen-bond donors (Lipinski definition) is 2. The molecule has 0 aromatic carbocycles. The highest BCUT2D eigenvalue weighted by molar-refractivity contribution is 4.74. The maximum Gasteiger partial charge on any atom is 0.168 e. The predicted octanol–water partition coefficient (Wildman–Crippen LogP) is -0.151. The second-order valence-electron chi connectivity index (χ2n) is 3.24. The van der Waals surface area contributed by atoms with Gasteiger partial charge in [-0.25, -0.2) is 0 Å². The van der Waals surface area contributed by atoms with Gasteiger partial charge in [-0.15, -0.1) is 0 Å². The molecule has 0 aromatic heterocycles. The summed E-state index contributed by atoms with van der Waals surface area (Å²) in [4.78, 5) is 0. The van der Waals surface area contributed by atoms with Gasteiger partial charge in [-0.05, 0) is 19.9 Å². The number of rotatable bonds is 4. The normalized spacial score (nSPS) is 35.8. The molecule has 1 aliphatic rings. The zero-order valence-corrected chi connectivity index (χ0v) is 7.45. The van der Waals surface area contributed by atoms with Crippen molar-refractivity contribution in [1.82, 2.24) is 0 Å². The standard InChI is InChI=1S/C8H17NO3/c1-8(3-5-10)11-6-7(12-8)2-4-9/h7,10H,2-6,9H2,1H3. The maximum atomic E-state index is 8.72. The lowest BCUT2D eigenvalue weighted by molar-refractivity contribution is -0.163. The minimum absolute atomic E-state index is 0.0891. The van der Waals surface area contributed by atoms with Crippen LogP contribution in [0.1, 0.15) is 19.8 Å². The Morgan fingerprint density at radius 2 is 2.42 bits per heavy atom. The van der Waals surface area contributed by atoms with E-state index in [4.69, 9.17) is 20.3 Å². The zero-order chi connectivity index (χ0) is 9.03. The van der Waals surface area contributed by atoms with Crippen LogP contribution in [-0.2, 0) is 9.47 Å². The van der Waals surface area contributed by atoms with Gasteiger partial charge >= 0.3 is 0 Å². The number of aliphatic hydroxyl groups is 1. The van der Waals surface area contributed by atoms with Crippen LogP contribution in [0.25, 0.3) is 0 Å². The van der Waals surface area contributed by atoms with Crippen LogP contribution in [0.4, 0.5) is 0 Å². The molecule has 0 radical (unpaired) electrons. The molecule has 1 fully saturated rings. The lowest BCUT2D eigenvalue weighted by Crippen LogP contribution is -2.28. The first kappa shape index (κ1) is 9.92. The molecule has 0 bridgehead atoms. The molecular formula is C8H17NO3. The number of hydrogen-bond acceptors (Lipinski definition) is 4. The summed E-state index contributed by atoms with van der Waals surface area (Å²) in [5.41, 5.74) is 5.39. The average molecular weight is 175 g/mol. The van der Waals surface area contributed by atoms with Crippen molar-refractivity contribution in [2.45, 2.75) is 31.7 Å². The first-order valence-electron chi connectivity index (χ1n) is 4.33. The van der Waals surface area contributed by atoms with Crippen molar-refractivity contribution in [3.63, 3.8) is 0 Å². The molecule has 0 aromatic rings. The van der Waals surface area contributed by atoms with Gasteiger partial charge in [-0.3, -0.25) is 0 Å². The Balaban J connectivity index is 2.32. The molecule has 0 aliphatic carbocycles. The van der Waals surface area contributed by atoms with Crippen molar-refractivity contribution in [3.05, 3.63) is 0 Å². The van der Waals surface area contributed by atoms with Gasteiger partial charge in [0.15, 0.2) is 5.79 Å². The van der Waals surface area contributed by atoms with Crippen molar-refractivity contribution < 1.29 is 14.6 Å². The van der Waals surface area contributed by atoms with Gasteiger partial charge in [-0.2, -0.15) is 0 Å². The predicted molar refractivity (Wildman–Crippen MR) is 44.6 cm³/mol. The first-order valence-corrected chi connectivity index (χ1v) is 4.33.